The molecular weight excluding hydrogens is 208 g/mol. The lowest BCUT2D eigenvalue weighted by Gasteiger charge is -2.32. The summed E-state index contributed by atoms with van der Waals surface area (Å²) in [7, 11) is 3.55. The van der Waals surface area contributed by atoms with Crippen molar-refractivity contribution in [3.05, 3.63) is 0 Å². The molecule has 0 saturated carbocycles. The van der Waals surface area contributed by atoms with E-state index in [1.54, 1.807) is 7.11 Å². The molecule has 1 saturated heterocycles. The molecule has 0 aromatic rings. The Morgan fingerprint density at radius 2 is 2.44 bits per heavy atom. The fourth-order valence-electron chi connectivity index (χ4n) is 1.81. The quantitative estimate of drug-likeness (QED) is 0.645. The third-order valence-electron chi connectivity index (χ3n) is 2.66. The Kier molecular flexibility index (Phi) is 6.37. The highest BCUT2D eigenvalue weighted by molar-refractivity contribution is 5.76. The number of nitrogens with zero attached hydrogens (tertiary/aromatic N) is 1. The topological polar surface area (TPSA) is 50.8 Å². The minimum atomic E-state index is 0.0343. The number of methoxy groups -OCH3 is 1. The van der Waals surface area contributed by atoms with Gasteiger partial charge in [0.15, 0.2) is 0 Å². The van der Waals surface area contributed by atoms with Gasteiger partial charge in [0.25, 0.3) is 0 Å². The van der Waals surface area contributed by atoms with Crippen LogP contribution >= 0.6 is 0 Å². The monoisotopic (exact) mass is 230 g/mol. The molecular formula is C11H22N2O3. The maximum absolute atomic E-state index is 11.8. The second-order valence-corrected chi connectivity index (χ2v) is 4.00. The predicted octanol–water partition coefficient (Wildman–Crippen LogP) is -0.140. The summed E-state index contributed by atoms with van der Waals surface area (Å²) < 4.78 is 10.5. The van der Waals surface area contributed by atoms with Crippen molar-refractivity contribution in [1.82, 2.24) is 10.2 Å². The van der Waals surface area contributed by atoms with E-state index in [9.17, 15) is 4.79 Å². The van der Waals surface area contributed by atoms with Crippen LogP contribution in [0.15, 0.2) is 0 Å². The van der Waals surface area contributed by atoms with Gasteiger partial charge < -0.3 is 19.7 Å². The van der Waals surface area contributed by atoms with Crippen LogP contribution in [0.2, 0.25) is 0 Å². The van der Waals surface area contributed by atoms with E-state index < -0.39 is 0 Å². The highest BCUT2D eigenvalue weighted by Crippen LogP contribution is 2.07. The summed E-state index contributed by atoms with van der Waals surface area (Å²) in [6.07, 6.45) is 1.54. The van der Waals surface area contributed by atoms with Gasteiger partial charge >= 0.3 is 0 Å². The minimum absolute atomic E-state index is 0.0343. The second kappa shape index (κ2) is 7.60. The molecule has 94 valence electrons. The summed E-state index contributed by atoms with van der Waals surface area (Å²) in [5, 5.41) is 3.04. The summed E-state index contributed by atoms with van der Waals surface area (Å²) in [6.45, 7) is 3.43. The van der Waals surface area contributed by atoms with E-state index >= 15 is 0 Å². The molecule has 5 heteroatoms. The molecule has 5 nitrogen and oxygen atoms in total. The zero-order chi connectivity index (χ0) is 11.8. The van der Waals surface area contributed by atoms with Gasteiger partial charge in [-0.15, -0.1) is 0 Å². The molecule has 1 unspecified atom stereocenters. The molecule has 0 aromatic heterocycles. The third kappa shape index (κ3) is 4.47. The molecule has 0 radical (unpaired) electrons. The van der Waals surface area contributed by atoms with Gasteiger partial charge in [-0.2, -0.15) is 0 Å². The Morgan fingerprint density at radius 1 is 1.62 bits per heavy atom. The van der Waals surface area contributed by atoms with Gasteiger partial charge in [0.1, 0.15) is 0 Å². The highest BCUT2D eigenvalue weighted by atomic mass is 16.5. The Bertz CT molecular complexity index is 209. The van der Waals surface area contributed by atoms with Crippen molar-refractivity contribution >= 4 is 5.91 Å². The van der Waals surface area contributed by atoms with Gasteiger partial charge in [0.2, 0.25) is 5.91 Å². The molecule has 16 heavy (non-hydrogen) atoms. The van der Waals surface area contributed by atoms with E-state index in [1.807, 2.05) is 11.9 Å². The third-order valence-corrected chi connectivity index (χ3v) is 2.66. The van der Waals surface area contributed by atoms with Crippen molar-refractivity contribution in [3.8, 4) is 0 Å². The molecule has 1 heterocycles. The molecule has 1 amide bonds. The first kappa shape index (κ1) is 13.4. The fraction of sp³-hybridized carbons (Fsp3) is 0.909. The lowest BCUT2D eigenvalue weighted by atomic mass is 10.2. The first-order valence-electron chi connectivity index (χ1n) is 5.81. The van der Waals surface area contributed by atoms with Crippen LogP contribution in [0.25, 0.3) is 0 Å². The van der Waals surface area contributed by atoms with E-state index in [2.05, 4.69) is 5.32 Å². The standard InChI is InChI=1S/C11H22N2O3/c1-12-5-3-4-11(14)13-6-7-16-10(8-13)9-15-2/h10,12H,3-9H2,1-2H3. The molecule has 1 atom stereocenters. The predicted molar refractivity (Wildman–Crippen MR) is 61.4 cm³/mol. The number of morpholine rings is 1. The second-order valence-electron chi connectivity index (χ2n) is 4.00. The van der Waals surface area contributed by atoms with E-state index in [0.29, 0.717) is 32.7 Å². The lowest BCUT2D eigenvalue weighted by Crippen LogP contribution is -2.47. The molecule has 1 aliphatic rings. The Labute approximate surface area is 97.1 Å². The van der Waals surface area contributed by atoms with Crippen molar-refractivity contribution in [2.45, 2.75) is 18.9 Å². The van der Waals surface area contributed by atoms with Crippen LogP contribution in [0.5, 0.6) is 0 Å². The van der Waals surface area contributed by atoms with Crippen molar-refractivity contribution in [3.63, 3.8) is 0 Å². The van der Waals surface area contributed by atoms with E-state index in [0.717, 1.165) is 13.0 Å². The largest absolute Gasteiger partial charge is 0.382 e. The lowest BCUT2D eigenvalue weighted by molar-refractivity contribution is -0.140. The molecule has 1 aliphatic heterocycles. The van der Waals surface area contributed by atoms with Crippen molar-refractivity contribution in [2.75, 3.05) is 47.0 Å². The molecule has 0 bridgehead atoms. The number of nitrogens with one attached hydrogen (secondary N) is 1. The molecule has 0 spiro atoms. The maximum atomic E-state index is 11.8. The smallest absolute Gasteiger partial charge is 0.222 e. The molecule has 1 fully saturated rings. The zero-order valence-electron chi connectivity index (χ0n) is 10.2. The van der Waals surface area contributed by atoms with Crippen LogP contribution in [0.4, 0.5) is 0 Å². The van der Waals surface area contributed by atoms with E-state index in [4.69, 9.17) is 9.47 Å². The van der Waals surface area contributed by atoms with Gasteiger partial charge in [-0.3, -0.25) is 4.79 Å². The first-order chi connectivity index (χ1) is 7.77. The van der Waals surface area contributed by atoms with Gasteiger partial charge in [-0.25, -0.2) is 0 Å². The van der Waals surface area contributed by atoms with Crippen LogP contribution in [0, 0.1) is 0 Å². The van der Waals surface area contributed by atoms with Gasteiger partial charge in [0.05, 0.1) is 19.3 Å². The van der Waals surface area contributed by atoms with Crippen LogP contribution in [-0.2, 0) is 14.3 Å². The average Bonchev–Trinajstić information content (AvgIpc) is 2.30. The number of hydrogen-bond acceptors (Lipinski definition) is 4. The fourth-order valence-corrected chi connectivity index (χ4v) is 1.81. The molecule has 0 aliphatic carbocycles. The van der Waals surface area contributed by atoms with E-state index in [1.165, 1.54) is 0 Å². The van der Waals surface area contributed by atoms with Crippen molar-refractivity contribution < 1.29 is 14.3 Å². The van der Waals surface area contributed by atoms with Crippen LogP contribution in [-0.4, -0.2) is 63.9 Å². The van der Waals surface area contributed by atoms with Crippen molar-refractivity contribution in [1.29, 1.82) is 0 Å². The van der Waals surface area contributed by atoms with Crippen molar-refractivity contribution in [2.24, 2.45) is 0 Å². The SMILES string of the molecule is CNCCCC(=O)N1CCOC(COC)C1. The number of rotatable bonds is 6. The minimum Gasteiger partial charge on any atom is -0.382 e. The summed E-state index contributed by atoms with van der Waals surface area (Å²) in [5.74, 6) is 0.222. The van der Waals surface area contributed by atoms with Gasteiger partial charge in [0, 0.05) is 26.6 Å². The van der Waals surface area contributed by atoms with Gasteiger partial charge in [-0.1, -0.05) is 0 Å². The Hall–Kier alpha value is -0.650. The van der Waals surface area contributed by atoms with E-state index in [-0.39, 0.29) is 12.0 Å². The molecule has 0 aromatic carbocycles. The zero-order valence-corrected chi connectivity index (χ0v) is 10.2. The summed E-state index contributed by atoms with van der Waals surface area (Å²) in [6, 6.07) is 0. The molecule has 1 rings (SSSR count). The summed E-state index contributed by atoms with van der Waals surface area (Å²) >= 11 is 0. The average molecular weight is 230 g/mol. The first-order valence-corrected chi connectivity index (χ1v) is 5.81. The highest BCUT2D eigenvalue weighted by Gasteiger charge is 2.23. The summed E-state index contributed by atoms with van der Waals surface area (Å²) in [5.41, 5.74) is 0. The van der Waals surface area contributed by atoms with Crippen LogP contribution < -0.4 is 5.32 Å². The van der Waals surface area contributed by atoms with Crippen LogP contribution in [0.3, 0.4) is 0 Å². The number of hydrogen-bond donors (Lipinski definition) is 1. The molecule has 1 N–H and O–H groups in total. The number of amides is 1. The Balaban J connectivity index is 2.26. The summed E-state index contributed by atoms with van der Waals surface area (Å²) in [4.78, 5) is 13.7. The van der Waals surface area contributed by atoms with Crippen LogP contribution in [0.1, 0.15) is 12.8 Å². The van der Waals surface area contributed by atoms with Gasteiger partial charge in [-0.05, 0) is 20.0 Å². The maximum Gasteiger partial charge on any atom is 0.222 e. The normalized spacial score (nSPS) is 21.1. The number of ether oxygens (including phenoxy) is 2. The Morgan fingerprint density at radius 3 is 3.12 bits per heavy atom. The number of carbonyl (C=O) groups excluding carboxylic acids is 1. The number of carbonyl (C=O) groups is 1.